The molecule has 4 rings (SSSR count). The minimum Gasteiger partial charge on any atom is -0.444 e. The molecule has 7 heteroatoms. The van der Waals surface area contributed by atoms with Crippen molar-refractivity contribution in [3.05, 3.63) is 72.4 Å². The third kappa shape index (κ3) is 5.47. The average Bonchev–Trinajstić information content (AvgIpc) is 3.29. The molecule has 1 fully saturated rings. The first kappa shape index (κ1) is 21.4. The molecule has 0 saturated carbocycles. The number of oxazole rings is 1. The van der Waals surface area contributed by atoms with Gasteiger partial charge in [-0.15, -0.1) is 11.8 Å². The number of rotatable bonds is 7. The van der Waals surface area contributed by atoms with Gasteiger partial charge in [-0.05, 0) is 49.2 Å². The van der Waals surface area contributed by atoms with Gasteiger partial charge in [0.2, 0.25) is 11.8 Å². The van der Waals surface area contributed by atoms with E-state index in [1.165, 1.54) is 12.1 Å². The summed E-state index contributed by atoms with van der Waals surface area (Å²) in [5.74, 6) is 1.58. The van der Waals surface area contributed by atoms with Gasteiger partial charge in [0.05, 0.1) is 11.4 Å². The van der Waals surface area contributed by atoms with Gasteiger partial charge in [-0.1, -0.05) is 18.2 Å². The molecule has 0 bridgehead atoms. The zero-order valence-corrected chi connectivity index (χ0v) is 18.4. The zero-order valence-electron chi connectivity index (χ0n) is 17.5. The van der Waals surface area contributed by atoms with Gasteiger partial charge in [-0.3, -0.25) is 4.79 Å². The Hall–Kier alpha value is -2.80. The van der Waals surface area contributed by atoms with Crippen LogP contribution in [0.3, 0.4) is 0 Å². The summed E-state index contributed by atoms with van der Waals surface area (Å²) in [6.07, 6.45) is 3.48. The van der Waals surface area contributed by atoms with Crippen molar-refractivity contribution in [1.29, 1.82) is 0 Å². The predicted molar refractivity (Wildman–Crippen MR) is 123 cm³/mol. The molecule has 162 valence electrons. The van der Waals surface area contributed by atoms with Gasteiger partial charge in [0.25, 0.3) is 0 Å². The van der Waals surface area contributed by atoms with E-state index in [2.05, 4.69) is 9.88 Å². The average molecular weight is 440 g/mol. The number of halogens is 1. The van der Waals surface area contributed by atoms with Gasteiger partial charge in [-0.25, -0.2) is 9.37 Å². The summed E-state index contributed by atoms with van der Waals surface area (Å²) in [6.45, 7) is 1.73. The van der Waals surface area contributed by atoms with Crippen LogP contribution in [0.2, 0.25) is 0 Å². The highest BCUT2D eigenvalue weighted by Crippen LogP contribution is 2.24. The van der Waals surface area contributed by atoms with E-state index in [0.717, 1.165) is 42.9 Å². The number of piperidine rings is 1. The number of hydrogen-bond donors (Lipinski definition) is 0. The van der Waals surface area contributed by atoms with Gasteiger partial charge >= 0.3 is 0 Å². The molecule has 2 aromatic carbocycles. The van der Waals surface area contributed by atoms with Gasteiger partial charge in [0, 0.05) is 43.2 Å². The van der Waals surface area contributed by atoms with Crippen LogP contribution in [-0.4, -0.2) is 47.7 Å². The van der Waals surface area contributed by atoms with Crippen LogP contribution in [0.1, 0.15) is 18.5 Å². The summed E-state index contributed by atoms with van der Waals surface area (Å²) in [4.78, 5) is 21.3. The Kier molecular flexibility index (Phi) is 6.92. The predicted octanol–water partition coefficient (Wildman–Crippen LogP) is 4.84. The summed E-state index contributed by atoms with van der Waals surface area (Å²) in [5.41, 5.74) is 2.82. The summed E-state index contributed by atoms with van der Waals surface area (Å²) >= 11 is 1.55. The fourth-order valence-corrected chi connectivity index (χ4v) is 4.62. The summed E-state index contributed by atoms with van der Waals surface area (Å²) in [6, 6.07) is 16.6. The molecule has 0 spiro atoms. The second-order valence-corrected chi connectivity index (χ2v) is 8.69. The van der Waals surface area contributed by atoms with Crippen LogP contribution in [0.25, 0.3) is 11.5 Å². The van der Waals surface area contributed by atoms with Crippen molar-refractivity contribution >= 4 is 23.4 Å². The second-order valence-electron chi connectivity index (χ2n) is 7.70. The Labute approximate surface area is 186 Å². The molecule has 3 aromatic rings. The lowest BCUT2D eigenvalue weighted by Crippen LogP contribution is -2.46. The van der Waals surface area contributed by atoms with Crippen LogP contribution in [0, 0.1) is 5.82 Å². The van der Waals surface area contributed by atoms with Crippen molar-refractivity contribution in [2.75, 3.05) is 30.8 Å². The number of amides is 1. The topological polar surface area (TPSA) is 49.6 Å². The summed E-state index contributed by atoms with van der Waals surface area (Å²) in [5, 5.41) is 0. The normalized spacial score (nSPS) is 14.6. The quantitative estimate of drug-likeness (QED) is 0.527. The molecule has 0 N–H and O–H groups in total. The molecule has 0 radical (unpaired) electrons. The number of benzene rings is 2. The maximum Gasteiger partial charge on any atom is 0.232 e. The number of carbonyl (C=O) groups is 1. The molecule has 0 unspecified atom stereocenters. The van der Waals surface area contributed by atoms with Crippen LogP contribution in [0.15, 0.2) is 65.3 Å². The van der Waals surface area contributed by atoms with Crippen molar-refractivity contribution in [1.82, 2.24) is 9.88 Å². The smallest absolute Gasteiger partial charge is 0.232 e. The molecule has 5 nitrogen and oxygen atoms in total. The molecule has 0 aliphatic carbocycles. The number of aromatic nitrogens is 1. The van der Waals surface area contributed by atoms with Crippen LogP contribution in [0.5, 0.6) is 0 Å². The zero-order chi connectivity index (χ0) is 21.6. The Morgan fingerprint density at radius 3 is 2.58 bits per heavy atom. The molecule has 0 atom stereocenters. The lowest BCUT2D eigenvalue weighted by atomic mass is 10.0. The van der Waals surface area contributed by atoms with Gasteiger partial charge < -0.3 is 14.2 Å². The highest BCUT2D eigenvalue weighted by atomic mass is 32.2. The van der Waals surface area contributed by atoms with E-state index in [9.17, 15) is 9.18 Å². The summed E-state index contributed by atoms with van der Waals surface area (Å²) < 4.78 is 18.7. The second kappa shape index (κ2) is 10.0. The van der Waals surface area contributed by atoms with E-state index < -0.39 is 0 Å². The molecule has 1 aromatic heterocycles. The summed E-state index contributed by atoms with van der Waals surface area (Å²) in [7, 11) is 1.89. The highest BCUT2D eigenvalue weighted by Gasteiger charge is 2.25. The van der Waals surface area contributed by atoms with Crippen LogP contribution < -0.4 is 4.90 Å². The van der Waals surface area contributed by atoms with E-state index in [4.69, 9.17) is 4.42 Å². The minimum atomic E-state index is -0.219. The Morgan fingerprint density at radius 2 is 1.87 bits per heavy atom. The van der Waals surface area contributed by atoms with Crippen LogP contribution in [0.4, 0.5) is 10.1 Å². The number of hydrogen-bond acceptors (Lipinski definition) is 5. The molecule has 1 aliphatic heterocycles. The van der Waals surface area contributed by atoms with Crippen molar-refractivity contribution in [3.63, 3.8) is 0 Å². The first-order valence-corrected chi connectivity index (χ1v) is 11.6. The van der Waals surface area contributed by atoms with Gasteiger partial charge in [-0.2, -0.15) is 0 Å². The third-order valence-electron chi connectivity index (χ3n) is 5.65. The lowest BCUT2D eigenvalue weighted by Gasteiger charge is -2.37. The number of nitrogens with zero attached hydrogens (tertiary/aromatic N) is 3. The number of thioether (sulfide) groups is 1. The first-order valence-electron chi connectivity index (χ1n) is 10.4. The molecule has 1 aliphatic rings. The Morgan fingerprint density at radius 1 is 1.16 bits per heavy atom. The van der Waals surface area contributed by atoms with Gasteiger partial charge in [0.1, 0.15) is 12.1 Å². The standard InChI is InChI=1S/C24H26FN3O2S/c1-27(21-11-13-28(14-12-21)22-9-7-19(25)8-10-22)23(29)17-31-16-20-15-30-24(26-20)18-5-3-2-4-6-18/h2-10,15,21H,11-14,16-17H2,1H3. The molecule has 2 heterocycles. The van der Waals surface area contributed by atoms with E-state index >= 15 is 0 Å². The molecule has 31 heavy (non-hydrogen) atoms. The SMILES string of the molecule is CN(C(=O)CSCc1coc(-c2ccccc2)n1)C1CCN(c2ccc(F)cc2)CC1. The molecular formula is C24H26FN3O2S. The van der Waals surface area contributed by atoms with Crippen molar-refractivity contribution in [2.24, 2.45) is 0 Å². The Bertz CT molecular complexity index is 986. The maximum atomic E-state index is 13.1. The van der Waals surface area contributed by atoms with Crippen LogP contribution in [-0.2, 0) is 10.5 Å². The van der Waals surface area contributed by atoms with E-state index in [-0.39, 0.29) is 17.8 Å². The maximum absolute atomic E-state index is 13.1. The number of carbonyl (C=O) groups excluding carboxylic acids is 1. The largest absolute Gasteiger partial charge is 0.444 e. The fraction of sp³-hybridized carbons (Fsp3) is 0.333. The van der Waals surface area contributed by atoms with Gasteiger partial charge in [0.15, 0.2) is 0 Å². The van der Waals surface area contributed by atoms with E-state index in [0.29, 0.717) is 17.4 Å². The van der Waals surface area contributed by atoms with Crippen molar-refractivity contribution < 1.29 is 13.6 Å². The van der Waals surface area contributed by atoms with E-state index in [1.807, 2.05) is 54.4 Å². The number of anilines is 1. The van der Waals surface area contributed by atoms with Crippen molar-refractivity contribution in [2.45, 2.75) is 24.6 Å². The Balaban J connectivity index is 1.21. The molecule has 1 saturated heterocycles. The monoisotopic (exact) mass is 439 g/mol. The minimum absolute atomic E-state index is 0.136. The molecular weight excluding hydrogens is 413 g/mol. The highest BCUT2D eigenvalue weighted by molar-refractivity contribution is 7.99. The molecule has 1 amide bonds. The third-order valence-corrected chi connectivity index (χ3v) is 6.60. The first-order chi connectivity index (χ1) is 15.1. The van der Waals surface area contributed by atoms with E-state index in [1.54, 1.807) is 18.0 Å². The fourth-order valence-electron chi connectivity index (χ4n) is 3.80. The van der Waals surface area contributed by atoms with Crippen LogP contribution >= 0.6 is 11.8 Å². The lowest BCUT2D eigenvalue weighted by molar-refractivity contribution is -0.129. The van der Waals surface area contributed by atoms with Crippen molar-refractivity contribution in [3.8, 4) is 11.5 Å².